The summed E-state index contributed by atoms with van der Waals surface area (Å²) < 4.78 is 2.13. The third kappa shape index (κ3) is 3.84. The van der Waals surface area contributed by atoms with E-state index in [0.29, 0.717) is 0 Å². The molecular weight excluding hydrogens is 336 g/mol. The Morgan fingerprint density at radius 1 is 1.33 bits per heavy atom. The molecule has 0 amide bonds. The number of halogens is 2. The molecule has 6 heavy (non-hydrogen) atoms. The Bertz CT molecular complexity index is 32.5. The van der Waals surface area contributed by atoms with Crippen molar-refractivity contribution in [3.8, 4) is 0 Å². The Labute approximate surface area is 57.7 Å². The van der Waals surface area contributed by atoms with Crippen LogP contribution < -0.4 is 0 Å². The van der Waals surface area contributed by atoms with Crippen LogP contribution >= 0.6 is 18.8 Å². The average Bonchev–Trinajstić information content (AvgIpc) is 1.36. The molecule has 1 nitrogen and oxygen atoms in total. The molecule has 0 aromatic carbocycles. The maximum absolute atomic E-state index is 5.53. The van der Waals surface area contributed by atoms with E-state index >= 15 is 0 Å². The van der Waals surface area contributed by atoms with Crippen LogP contribution in [0.3, 0.4) is 0 Å². The van der Waals surface area contributed by atoms with Gasteiger partial charge in [-0.25, -0.2) is 0 Å². The molecule has 0 aromatic heterocycles. The molecule has 0 aliphatic heterocycles. The molecule has 0 radical (unpaired) electrons. The van der Waals surface area contributed by atoms with Gasteiger partial charge < -0.3 is 0 Å². The number of rotatable bonds is 1. The van der Waals surface area contributed by atoms with Crippen molar-refractivity contribution >= 4 is 39.6 Å². The molecule has 0 fully saturated rings. The first-order chi connectivity index (χ1) is 2.64. The van der Waals surface area contributed by atoms with Gasteiger partial charge in [0.15, 0.2) is 0 Å². The van der Waals surface area contributed by atoms with Crippen LogP contribution in [0, 0.1) is 0 Å². The SMILES string of the molecule is [SiH3][N]([SiH3])[Pt]([Cl])[Cl]. The zero-order chi connectivity index (χ0) is 5.15. The Balaban J connectivity index is 2.99. The van der Waals surface area contributed by atoms with Crippen molar-refractivity contribution in [3.05, 3.63) is 0 Å². The van der Waals surface area contributed by atoms with Gasteiger partial charge in [0, 0.05) is 0 Å². The summed E-state index contributed by atoms with van der Waals surface area (Å²) in [5, 5.41) is 0. The van der Waals surface area contributed by atoms with E-state index in [-0.39, 0.29) is 0 Å². The molecule has 0 rings (SSSR count). The molecule has 0 aliphatic carbocycles. The van der Waals surface area contributed by atoms with Crippen LogP contribution in [-0.2, 0) is 15.5 Å². The van der Waals surface area contributed by atoms with Crippen LogP contribution in [0.2, 0.25) is 0 Å². The maximum atomic E-state index is 5.53. The molecule has 0 aliphatic rings. The van der Waals surface area contributed by atoms with Gasteiger partial charge in [-0.3, -0.25) is 0 Å². The van der Waals surface area contributed by atoms with E-state index in [2.05, 4.69) is 2.79 Å². The van der Waals surface area contributed by atoms with E-state index < -0.39 is 15.5 Å². The standard InChI is InChI=1S/2ClH.H6NSi2.Pt/c;;2-1-3;/h2*1H;2-3H3;/q;;-1;+3/p-2. The van der Waals surface area contributed by atoms with Crippen molar-refractivity contribution in [2.75, 3.05) is 0 Å². The summed E-state index contributed by atoms with van der Waals surface area (Å²) in [4.78, 5) is 0. The molecule has 0 N–H and O–H groups in total. The molecule has 0 heterocycles. The molecule has 0 aromatic rings. The molecule has 0 saturated heterocycles. The fraction of sp³-hybridized carbons (Fsp3) is 0. The van der Waals surface area contributed by atoms with Gasteiger partial charge in [-0.05, 0) is 0 Å². The van der Waals surface area contributed by atoms with Gasteiger partial charge in [0.1, 0.15) is 0 Å². The topological polar surface area (TPSA) is 3.24 Å². The number of nitrogens with zero attached hydrogens (tertiary/aromatic N) is 1. The van der Waals surface area contributed by atoms with Crippen LogP contribution in [-0.4, -0.2) is 23.6 Å². The van der Waals surface area contributed by atoms with Crippen LogP contribution in [0.5, 0.6) is 0 Å². The van der Waals surface area contributed by atoms with Crippen molar-refractivity contribution in [1.29, 1.82) is 0 Å². The Morgan fingerprint density at radius 3 is 1.50 bits per heavy atom. The van der Waals surface area contributed by atoms with Crippen LogP contribution in [0.1, 0.15) is 0 Å². The summed E-state index contributed by atoms with van der Waals surface area (Å²) in [5.74, 6) is 0. The van der Waals surface area contributed by atoms with Gasteiger partial charge in [0.25, 0.3) is 0 Å². The fourth-order valence-corrected chi connectivity index (χ4v) is 0. The Morgan fingerprint density at radius 2 is 1.50 bits per heavy atom. The van der Waals surface area contributed by atoms with E-state index in [1.807, 2.05) is 0 Å². The quantitative estimate of drug-likeness (QED) is 0.535. The van der Waals surface area contributed by atoms with Crippen molar-refractivity contribution in [2.45, 2.75) is 0 Å². The Kier molecular flexibility index (Phi) is 4.65. The predicted molar refractivity (Wildman–Crippen MR) is 33.4 cm³/mol. The monoisotopic (exact) mass is 341 g/mol. The van der Waals surface area contributed by atoms with E-state index in [1.54, 1.807) is 0 Å². The van der Waals surface area contributed by atoms with Crippen molar-refractivity contribution in [3.63, 3.8) is 0 Å². The second kappa shape index (κ2) is 3.64. The second-order valence-electron chi connectivity index (χ2n) is 0.882. The van der Waals surface area contributed by atoms with E-state index in [9.17, 15) is 0 Å². The normalized spacial score (nSPS) is 13.5. The van der Waals surface area contributed by atoms with Gasteiger partial charge in [-0.2, -0.15) is 0 Å². The zero-order valence-corrected chi connectivity index (χ0v) is 11.3. The molecule has 0 atom stereocenters. The first kappa shape index (κ1) is 7.66. The van der Waals surface area contributed by atoms with Crippen molar-refractivity contribution < 1.29 is 15.5 Å². The van der Waals surface area contributed by atoms with Crippen molar-refractivity contribution in [1.82, 2.24) is 2.79 Å². The minimum atomic E-state index is -1.49. The first-order valence-electron chi connectivity index (χ1n) is 1.27. The van der Waals surface area contributed by atoms with Gasteiger partial charge >= 0.3 is 57.9 Å². The summed E-state index contributed by atoms with van der Waals surface area (Å²) in [6.07, 6.45) is 0. The van der Waals surface area contributed by atoms with E-state index in [0.717, 1.165) is 20.8 Å². The Hall–Kier alpha value is 1.66. The van der Waals surface area contributed by atoms with Gasteiger partial charge in [-0.15, -0.1) is 0 Å². The summed E-state index contributed by atoms with van der Waals surface area (Å²) in [7, 11) is 13.2. The van der Waals surface area contributed by atoms with Crippen molar-refractivity contribution in [2.24, 2.45) is 0 Å². The second-order valence-corrected chi connectivity index (χ2v) is 16.9. The molecule has 6 heteroatoms. The van der Waals surface area contributed by atoms with E-state index in [1.165, 1.54) is 0 Å². The molecule has 43 valence electrons. The third-order valence-corrected chi connectivity index (χ3v) is 15.8. The van der Waals surface area contributed by atoms with Gasteiger partial charge in [0.2, 0.25) is 0 Å². The molecule has 0 spiro atoms. The number of hydrogen-bond donors (Lipinski definition) is 0. The predicted octanol–water partition coefficient (Wildman–Crippen LogP) is -1.31. The third-order valence-electron chi connectivity index (χ3n) is 0.214. The van der Waals surface area contributed by atoms with Crippen LogP contribution in [0.4, 0.5) is 0 Å². The van der Waals surface area contributed by atoms with Gasteiger partial charge in [-0.1, -0.05) is 0 Å². The van der Waals surface area contributed by atoms with Crippen LogP contribution in [0.25, 0.3) is 0 Å². The summed E-state index contributed by atoms with van der Waals surface area (Å²) >= 11 is -1.49. The molecular formula is H6Cl2NPtSi2. The zero-order valence-electron chi connectivity index (χ0n) is 3.52. The van der Waals surface area contributed by atoms with Crippen LogP contribution in [0.15, 0.2) is 0 Å². The molecule has 0 saturated carbocycles. The minimum absolute atomic E-state index is 1.05. The summed E-state index contributed by atoms with van der Waals surface area (Å²) in [6.45, 7) is 0. The fourth-order valence-electron chi connectivity index (χ4n) is 0. The number of hydrogen-bond acceptors (Lipinski definition) is 1. The average molecular weight is 342 g/mol. The summed E-state index contributed by atoms with van der Waals surface area (Å²) in [6, 6.07) is 0. The van der Waals surface area contributed by atoms with E-state index in [4.69, 9.17) is 18.8 Å². The van der Waals surface area contributed by atoms with Gasteiger partial charge in [0.05, 0.1) is 0 Å². The summed E-state index contributed by atoms with van der Waals surface area (Å²) in [5.41, 5.74) is 0. The first-order valence-corrected chi connectivity index (χ1v) is 9.71. The molecule has 0 unspecified atom stereocenters. The molecule has 0 bridgehead atoms.